The molecule has 0 unspecified atom stereocenters. The summed E-state index contributed by atoms with van der Waals surface area (Å²) in [6.07, 6.45) is 0.0561. The lowest BCUT2D eigenvalue weighted by Gasteiger charge is -2.09. The Labute approximate surface area is 178 Å². The van der Waals surface area contributed by atoms with Crippen LogP contribution in [0, 0.1) is 0 Å². The second-order valence-corrected chi connectivity index (χ2v) is 9.11. The maximum atomic E-state index is 12.2. The Morgan fingerprint density at radius 1 is 1.00 bits per heavy atom. The van der Waals surface area contributed by atoms with E-state index in [-0.39, 0.29) is 23.8 Å². The summed E-state index contributed by atoms with van der Waals surface area (Å²) in [6.45, 7) is 0.405. The van der Waals surface area contributed by atoms with Crippen molar-refractivity contribution in [3.05, 3.63) is 70.7 Å². The smallest absolute Gasteiger partial charge is 0.240 e. The Hall–Kier alpha value is -2.42. The molecule has 0 aliphatic carbocycles. The van der Waals surface area contributed by atoms with E-state index in [9.17, 15) is 13.2 Å². The van der Waals surface area contributed by atoms with Crippen LogP contribution in [0.3, 0.4) is 0 Å². The molecule has 0 spiro atoms. The summed E-state index contributed by atoms with van der Waals surface area (Å²) in [5.41, 5.74) is 0.964. The molecule has 1 amide bonds. The molecular weight excluding hydrogens is 456 g/mol. The first-order valence-corrected chi connectivity index (χ1v) is 11.2. The number of hydrogen-bond acceptors (Lipinski definition) is 4. The van der Waals surface area contributed by atoms with E-state index in [1.165, 1.54) is 12.1 Å². The van der Waals surface area contributed by atoms with Crippen LogP contribution in [-0.2, 0) is 21.4 Å². The number of halogens is 1. The predicted octanol–water partition coefficient (Wildman–Crippen LogP) is 3.60. The van der Waals surface area contributed by atoms with Crippen LogP contribution in [0.5, 0.6) is 5.75 Å². The van der Waals surface area contributed by atoms with Crippen LogP contribution >= 0.6 is 15.9 Å². The minimum atomic E-state index is -3.63. The minimum Gasteiger partial charge on any atom is -0.497 e. The fourth-order valence-corrected chi connectivity index (χ4v) is 4.09. The highest BCUT2D eigenvalue weighted by Gasteiger charge is 2.14. The Morgan fingerprint density at radius 2 is 1.69 bits per heavy atom. The van der Waals surface area contributed by atoms with E-state index in [0.29, 0.717) is 6.54 Å². The third-order valence-corrected chi connectivity index (χ3v) is 6.38. The van der Waals surface area contributed by atoms with Gasteiger partial charge in [0.25, 0.3) is 0 Å². The van der Waals surface area contributed by atoms with E-state index in [2.05, 4.69) is 26.0 Å². The summed E-state index contributed by atoms with van der Waals surface area (Å²) >= 11 is 3.27. The molecule has 0 bridgehead atoms. The molecule has 0 aromatic heterocycles. The molecule has 29 heavy (non-hydrogen) atoms. The molecule has 3 aromatic carbocycles. The van der Waals surface area contributed by atoms with Crippen LogP contribution in [0.15, 0.2) is 70.0 Å². The summed E-state index contributed by atoms with van der Waals surface area (Å²) < 4.78 is 32.9. The molecule has 3 aromatic rings. The first-order valence-electron chi connectivity index (χ1n) is 8.96. The van der Waals surface area contributed by atoms with Gasteiger partial charge in [-0.25, -0.2) is 13.1 Å². The van der Waals surface area contributed by atoms with Crippen molar-refractivity contribution in [2.45, 2.75) is 17.9 Å². The first-order chi connectivity index (χ1) is 13.9. The number of nitrogens with one attached hydrogen (secondary N) is 2. The van der Waals surface area contributed by atoms with Crippen molar-refractivity contribution in [2.75, 3.05) is 13.7 Å². The van der Waals surface area contributed by atoms with E-state index < -0.39 is 10.0 Å². The van der Waals surface area contributed by atoms with Crippen LogP contribution in [0.25, 0.3) is 10.8 Å². The molecule has 152 valence electrons. The van der Waals surface area contributed by atoms with Gasteiger partial charge in [-0.1, -0.05) is 34.1 Å². The number of hydrogen-bond donors (Lipinski definition) is 2. The zero-order valence-corrected chi connectivity index (χ0v) is 18.2. The average Bonchev–Trinajstić information content (AvgIpc) is 2.72. The monoisotopic (exact) mass is 476 g/mol. The number of ether oxygens (including phenoxy) is 1. The van der Waals surface area contributed by atoms with Crippen molar-refractivity contribution in [1.29, 1.82) is 0 Å². The first kappa shape index (κ1) is 21.3. The molecule has 2 N–H and O–H groups in total. The standard InChI is InChI=1S/C21H21BrN2O4S/c1-28-19-7-4-16-12-15(2-3-17(16)13-19)14-23-21(25)10-11-24-29(26,27)20-8-5-18(22)6-9-20/h2-9,12-13,24H,10-11,14H2,1H3,(H,23,25). The van der Waals surface area contributed by atoms with Gasteiger partial charge in [0.05, 0.1) is 12.0 Å². The second kappa shape index (κ2) is 9.39. The van der Waals surface area contributed by atoms with Gasteiger partial charge in [-0.05, 0) is 58.8 Å². The van der Waals surface area contributed by atoms with Crippen molar-refractivity contribution in [1.82, 2.24) is 10.0 Å². The van der Waals surface area contributed by atoms with Crippen LogP contribution in [-0.4, -0.2) is 28.0 Å². The Morgan fingerprint density at radius 3 is 2.41 bits per heavy atom. The van der Waals surface area contributed by atoms with Gasteiger partial charge in [0.2, 0.25) is 15.9 Å². The van der Waals surface area contributed by atoms with Gasteiger partial charge in [0, 0.05) is 24.0 Å². The number of carbonyl (C=O) groups is 1. The lowest BCUT2D eigenvalue weighted by Crippen LogP contribution is -2.30. The lowest BCUT2D eigenvalue weighted by atomic mass is 10.1. The minimum absolute atomic E-state index is 0.0295. The van der Waals surface area contributed by atoms with E-state index in [1.807, 2.05) is 36.4 Å². The highest BCUT2D eigenvalue weighted by atomic mass is 79.9. The van der Waals surface area contributed by atoms with Crippen molar-refractivity contribution in [3.63, 3.8) is 0 Å². The SMILES string of the molecule is COc1ccc2cc(CNC(=O)CCNS(=O)(=O)c3ccc(Br)cc3)ccc2c1. The summed E-state index contributed by atoms with van der Waals surface area (Å²) in [5.74, 6) is 0.572. The fraction of sp³-hybridized carbons (Fsp3) is 0.190. The van der Waals surface area contributed by atoms with Crippen LogP contribution in [0.2, 0.25) is 0 Å². The number of methoxy groups -OCH3 is 1. The van der Waals surface area contributed by atoms with Gasteiger partial charge in [0.1, 0.15) is 5.75 Å². The molecule has 0 fully saturated rings. The Bertz CT molecular complexity index is 1120. The zero-order valence-electron chi connectivity index (χ0n) is 15.8. The number of rotatable bonds is 8. The Balaban J connectivity index is 1.49. The van der Waals surface area contributed by atoms with Gasteiger partial charge in [-0.2, -0.15) is 0 Å². The average molecular weight is 477 g/mol. The molecule has 0 aliphatic rings. The molecule has 0 saturated heterocycles. The van der Waals surface area contributed by atoms with Crippen molar-refractivity contribution >= 4 is 42.6 Å². The maximum Gasteiger partial charge on any atom is 0.240 e. The highest BCUT2D eigenvalue weighted by Crippen LogP contribution is 2.21. The number of carbonyl (C=O) groups excluding carboxylic acids is 1. The number of fused-ring (bicyclic) bond motifs is 1. The number of benzene rings is 3. The maximum absolute atomic E-state index is 12.2. The predicted molar refractivity (Wildman–Crippen MR) is 116 cm³/mol. The topological polar surface area (TPSA) is 84.5 Å². The summed E-state index contributed by atoms with van der Waals surface area (Å²) in [5, 5.41) is 4.93. The van der Waals surface area contributed by atoms with Gasteiger partial charge in [-0.3, -0.25) is 4.79 Å². The summed E-state index contributed by atoms with van der Waals surface area (Å²) in [6, 6.07) is 18.1. The molecule has 0 atom stereocenters. The molecule has 0 aliphatic heterocycles. The highest BCUT2D eigenvalue weighted by molar-refractivity contribution is 9.10. The third-order valence-electron chi connectivity index (χ3n) is 4.37. The van der Waals surface area contributed by atoms with Crippen LogP contribution in [0.1, 0.15) is 12.0 Å². The second-order valence-electron chi connectivity index (χ2n) is 6.43. The molecule has 8 heteroatoms. The van der Waals surface area contributed by atoms with E-state index in [0.717, 1.165) is 26.6 Å². The van der Waals surface area contributed by atoms with E-state index >= 15 is 0 Å². The van der Waals surface area contributed by atoms with Gasteiger partial charge in [-0.15, -0.1) is 0 Å². The number of amides is 1. The lowest BCUT2D eigenvalue weighted by molar-refractivity contribution is -0.121. The molecule has 3 rings (SSSR count). The van der Waals surface area contributed by atoms with E-state index in [1.54, 1.807) is 19.2 Å². The third kappa shape index (κ3) is 5.79. The van der Waals surface area contributed by atoms with Crippen molar-refractivity contribution in [3.8, 4) is 5.75 Å². The molecule has 6 nitrogen and oxygen atoms in total. The van der Waals surface area contributed by atoms with Gasteiger partial charge in [0.15, 0.2) is 0 Å². The summed E-state index contributed by atoms with van der Waals surface area (Å²) in [4.78, 5) is 12.2. The largest absolute Gasteiger partial charge is 0.497 e. The zero-order chi connectivity index (χ0) is 20.9. The quantitative estimate of drug-likeness (QED) is 0.520. The number of sulfonamides is 1. The van der Waals surface area contributed by atoms with E-state index in [4.69, 9.17) is 4.74 Å². The Kier molecular flexibility index (Phi) is 6.89. The van der Waals surface area contributed by atoms with Crippen LogP contribution in [0.4, 0.5) is 0 Å². The summed E-state index contributed by atoms with van der Waals surface area (Å²) in [7, 11) is -2.00. The normalized spacial score (nSPS) is 11.4. The molecule has 0 saturated carbocycles. The molecule has 0 radical (unpaired) electrons. The molecule has 0 heterocycles. The van der Waals surface area contributed by atoms with Crippen molar-refractivity contribution < 1.29 is 17.9 Å². The van der Waals surface area contributed by atoms with Crippen LogP contribution < -0.4 is 14.8 Å². The van der Waals surface area contributed by atoms with Gasteiger partial charge >= 0.3 is 0 Å². The molecular formula is C21H21BrN2O4S. The van der Waals surface area contributed by atoms with Crippen molar-refractivity contribution in [2.24, 2.45) is 0 Å². The van der Waals surface area contributed by atoms with Gasteiger partial charge < -0.3 is 10.1 Å². The fourth-order valence-electron chi connectivity index (χ4n) is 2.80.